The maximum atomic E-state index is 12.7. The molecule has 4 rings (SSSR count). The Morgan fingerprint density at radius 3 is 2.45 bits per heavy atom. The fraction of sp³-hybridized carbons (Fsp3) is 0.238. The molecule has 1 amide bonds. The first kappa shape index (κ1) is 19.6. The largest absolute Gasteiger partial charge is 0.352 e. The third kappa shape index (κ3) is 4.81. The van der Waals surface area contributed by atoms with E-state index in [9.17, 15) is 4.79 Å². The molecular formula is C21H21IN6O. The van der Waals surface area contributed by atoms with Gasteiger partial charge in [0.25, 0.3) is 5.91 Å². The number of aryl methyl sites for hydroxylation is 1. The first-order valence-corrected chi connectivity index (χ1v) is 10.5. The van der Waals surface area contributed by atoms with E-state index >= 15 is 0 Å². The van der Waals surface area contributed by atoms with Crippen LogP contribution in [0.4, 0.5) is 17.5 Å². The third-order valence-corrected chi connectivity index (χ3v) is 5.43. The van der Waals surface area contributed by atoms with E-state index in [1.807, 2.05) is 66.4 Å². The first-order valence-electron chi connectivity index (χ1n) is 9.43. The molecule has 1 N–H and O–H groups in total. The van der Waals surface area contributed by atoms with Crippen molar-refractivity contribution in [1.82, 2.24) is 20.1 Å². The molecule has 3 heterocycles. The second kappa shape index (κ2) is 8.73. The van der Waals surface area contributed by atoms with Crippen molar-refractivity contribution >= 4 is 46.0 Å². The number of hydrogen-bond acceptors (Lipinski definition) is 6. The van der Waals surface area contributed by atoms with Crippen LogP contribution in [0, 0.1) is 10.5 Å². The topological polar surface area (TPSA) is 74.2 Å². The molecule has 0 aliphatic carbocycles. The van der Waals surface area contributed by atoms with Crippen LogP contribution in [-0.4, -0.2) is 52.2 Å². The minimum absolute atomic E-state index is 0.0828. The zero-order chi connectivity index (χ0) is 20.2. The highest BCUT2D eigenvalue weighted by atomic mass is 127. The molecule has 0 spiro atoms. The van der Waals surface area contributed by atoms with Crippen molar-refractivity contribution in [3.63, 3.8) is 0 Å². The third-order valence-electron chi connectivity index (χ3n) is 4.76. The van der Waals surface area contributed by atoms with E-state index in [0.29, 0.717) is 18.9 Å². The SMILES string of the molecule is Cc1cccc(Nc2ccc(N3CCN(C(=O)c4cccc(I)c4)CC3)nn2)n1. The zero-order valence-corrected chi connectivity index (χ0v) is 18.2. The van der Waals surface area contributed by atoms with Gasteiger partial charge in [-0.15, -0.1) is 10.2 Å². The van der Waals surface area contributed by atoms with E-state index in [2.05, 4.69) is 48.0 Å². The Hall–Kier alpha value is -2.75. The van der Waals surface area contributed by atoms with Crippen LogP contribution in [0.1, 0.15) is 16.1 Å². The molecule has 1 saturated heterocycles. The van der Waals surface area contributed by atoms with Crippen molar-refractivity contribution in [1.29, 1.82) is 0 Å². The Morgan fingerprint density at radius 2 is 1.76 bits per heavy atom. The molecule has 0 unspecified atom stereocenters. The lowest BCUT2D eigenvalue weighted by Gasteiger charge is -2.35. The fourth-order valence-corrected chi connectivity index (χ4v) is 3.79. The summed E-state index contributed by atoms with van der Waals surface area (Å²) in [5, 5.41) is 11.8. The lowest BCUT2D eigenvalue weighted by Crippen LogP contribution is -2.49. The zero-order valence-electron chi connectivity index (χ0n) is 16.0. The minimum atomic E-state index is 0.0828. The van der Waals surface area contributed by atoms with Crippen molar-refractivity contribution in [2.45, 2.75) is 6.92 Å². The van der Waals surface area contributed by atoms with Gasteiger partial charge in [-0.25, -0.2) is 4.98 Å². The number of aromatic nitrogens is 3. The van der Waals surface area contributed by atoms with Gasteiger partial charge in [0, 0.05) is 41.0 Å². The van der Waals surface area contributed by atoms with E-state index in [4.69, 9.17) is 0 Å². The summed E-state index contributed by atoms with van der Waals surface area (Å²) in [5.41, 5.74) is 1.68. The van der Waals surface area contributed by atoms with Crippen molar-refractivity contribution in [2.75, 3.05) is 36.4 Å². The van der Waals surface area contributed by atoms with Gasteiger partial charge in [0.05, 0.1) is 0 Å². The molecule has 1 aliphatic rings. The Bertz CT molecular complexity index is 1000. The first-order chi connectivity index (χ1) is 14.1. The molecule has 7 nitrogen and oxygen atoms in total. The summed E-state index contributed by atoms with van der Waals surface area (Å²) in [6, 6.07) is 17.3. The maximum absolute atomic E-state index is 12.7. The molecule has 0 bridgehead atoms. The summed E-state index contributed by atoms with van der Waals surface area (Å²) in [7, 11) is 0. The van der Waals surface area contributed by atoms with E-state index in [1.54, 1.807) is 0 Å². The summed E-state index contributed by atoms with van der Waals surface area (Å²) in [6.45, 7) is 4.74. The normalized spacial score (nSPS) is 14.0. The van der Waals surface area contributed by atoms with Gasteiger partial charge in [0.1, 0.15) is 5.82 Å². The molecule has 0 saturated carbocycles. The van der Waals surface area contributed by atoms with Crippen molar-refractivity contribution in [3.8, 4) is 0 Å². The average molecular weight is 500 g/mol. The Morgan fingerprint density at radius 1 is 0.966 bits per heavy atom. The molecule has 148 valence electrons. The maximum Gasteiger partial charge on any atom is 0.254 e. The second-order valence-corrected chi connectivity index (χ2v) is 8.10. The minimum Gasteiger partial charge on any atom is -0.352 e. The van der Waals surface area contributed by atoms with Crippen LogP contribution >= 0.6 is 22.6 Å². The summed E-state index contributed by atoms with van der Waals surface area (Å²) >= 11 is 2.23. The lowest BCUT2D eigenvalue weighted by atomic mass is 10.2. The van der Waals surface area contributed by atoms with E-state index < -0.39 is 0 Å². The molecule has 1 aliphatic heterocycles. The monoisotopic (exact) mass is 500 g/mol. The number of halogens is 1. The number of nitrogens with one attached hydrogen (secondary N) is 1. The van der Waals surface area contributed by atoms with Gasteiger partial charge in [-0.2, -0.15) is 0 Å². The van der Waals surface area contributed by atoms with Crippen LogP contribution < -0.4 is 10.2 Å². The predicted molar refractivity (Wildman–Crippen MR) is 122 cm³/mol. The highest BCUT2D eigenvalue weighted by molar-refractivity contribution is 14.1. The summed E-state index contributed by atoms with van der Waals surface area (Å²) in [5.74, 6) is 2.29. The Labute approximate surface area is 183 Å². The number of carbonyl (C=O) groups excluding carboxylic acids is 1. The van der Waals surface area contributed by atoms with Crippen LogP contribution in [0.2, 0.25) is 0 Å². The van der Waals surface area contributed by atoms with Crippen LogP contribution in [0.15, 0.2) is 54.6 Å². The molecule has 8 heteroatoms. The fourth-order valence-electron chi connectivity index (χ4n) is 3.25. The molecule has 2 aromatic heterocycles. The molecule has 3 aromatic rings. The van der Waals surface area contributed by atoms with E-state index in [-0.39, 0.29) is 5.91 Å². The van der Waals surface area contributed by atoms with Crippen molar-refractivity contribution < 1.29 is 4.79 Å². The van der Waals surface area contributed by atoms with Crippen LogP contribution in [0.5, 0.6) is 0 Å². The highest BCUT2D eigenvalue weighted by Crippen LogP contribution is 2.18. The molecule has 1 fully saturated rings. The highest BCUT2D eigenvalue weighted by Gasteiger charge is 2.23. The van der Waals surface area contributed by atoms with Crippen molar-refractivity contribution in [2.24, 2.45) is 0 Å². The summed E-state index contributed by atoms with van der Waals surface area (Å²) < 4.78 is 1.07. The van der Waals surface area contributed by atoms with Gasteiger partial charge >= 0.3 is 0 Å². The Balaban J connectivity index is 1.35. The molecular weight excluding hydrogens is 479 g/mol. The van der Waals surface area contributed by atoms with Gasteiger partial charge in [-0.05, 0) is 72.0 Å². The van der Waals surface area contributed by atoms with Crippen molar-refractivity contribution in [3.05, 3.63) is 69.4 Å². The standard InChI is InChI=1S/C21H21IN6O/c1-15-4-2-7-18(23-15)24-19-8-9-20(26-25-19)27-10-12-28(13-11-27)21(29)16-5-3-6-17(22)14-16/h2-9,14H,10-13H2,1H3,(H,23,24,25). The second-order valence-electron chi connectivity index (χ2n) is 6.86. The number of benzene rings is 1. The number of rotatable bonds is 4. The number of hydrogen-bond donors (Lipinski definition) is 1. The van der Waals surface area contributed by atoms with Crippen LogP contribution in [0.3, 0.4) is 0 Å². The van der Waals surface area contributed by atoms with Gasteiger partial charge in [0.2, 0.25) is 0 Å². The smallest absolute Gasteiger partial charge is 0.254 e. The number of carbonyl (C=O) groups is 1. The predicted octanol–water partition coefficient (Wildman–Crippen LogP) is 3.49. The van der Waals surface area contributed by atoms with Gasteiger partial charge in [0.15, 0.2) is 11.6 Å². The summed E-state index contributed by atoms with van der Waals surface area (Å²) in [4.78, 5) is 21.2. The quantitative estimate of drug-likeness (QED) is 0.553. The molecule has 0 radical (unpaired) electrons. The molecule has 29 heavy (non-hydrogen) atoms. The lowest BCUT2D eigenvalue weighted by molar-refractivity contribution is 0.0746. The Kier molecular flexibility index (Phi) is 5.89. The average Bonchev–Trinajstić information content (AvgIpc) is 2.74. The number of pyridine rings is 1. The van der Waals surface area contributed by atoms with Crippen LogP contribution in [-0.2, 0) is 0 Å². The molecule has 0 atom stereocenters. The molecule has 1 aromatic carbocycles. The van der Waals surface area contributed by atoms with Gasteiger partial charge in [-0.1, -0.05) is 12.1 Å². The van der Waals surface area contributed by atoms with Crippen LogP contribution in [0.25, 0.3) is 0 Å². The number of anilines is 3. The number of piperazine rings is 1. The summed E-state index contributed by atoms with van der Waals surface area (Å²) in [6.07, 6.45) is 0. The number of nitrogens with zero attached hydrogens (tertiary/aromatic N) is 5. The van der Waals surface area contributed by atoms with Gasteiger partial charge < -0.3 is 15.1 Å². The van der Waals surface area contributed by atoms with Gasteiger partial charge in [-0.3, -0.25) is 4.79 Å². The number of amides is 1. The van der Waals surface area contributed by atoms with E-state index in [1.165, 1.54) is 0 Å². The van der Waals surface area contributed by atoms with E-state index in [0.717, 1.165) is 39.6 Å².